The summed E-state index contributed by atoms with van der Waals surface area (Å²) >= 11 is 3.45. The van der Waals surface area contributed by atoms with E-state index in [0.717, 1.165) is 23.4 Å². The molecular weight excluding hydrogens is 278 g/mol. The molecule has 1 aliphatic carbocycles. The molecule has 2 nitrogen and oxygen atoms in total. The van der Waals surface area contributed by atoms with Crippen molar-refractivity contribution in [3.05, 3.63) is 28.7 Å². The zero-order chi connectivity index (χ0) is 12.1. The molecule has 0 aliphatic heterocycles. The van der Waals surface area contributed by atoms with E-state index in [1.54, 1.807) is 0 Å². The Balaban J connectivity index is 1.95. The Kier molecular flexibility index (Phi) is 4.46. The molecule has 0 radical (unpaired) electrons. The Labute approximate surface area is 112 Å². The average Bonchev–Trinajstić information content (AvgIpc) is 2.38. The first-order valence-corrected chi connectivity index (χ1v) is 7.12. The molecule has 1 aliphatic rings. The fourth-order valence-electron chi connectivity index (χ4n) is 2.50. The molecule has 0 aromatic heterocycles. The summed E-state index contributed by atoms with van der Waals surface area (Å²) in [6, 6.07) is 8.01. The zero-order valence-electron chi connectivity index (χ0n) is 10.1. The minimum absolute atomic E-state index is 0.209. The van der Waals surface area contributed by atoms with E-state index in [0.29, 0.717) is 0 Å². The molecule has 1 aromatic rings. The molecule has 17 heavy (non-hydrogen) atoms. The average molecular weight is 298 g/mol. The third kappa shape index (κ3) is 3.46. The van der Waals surface area contributed by atoms with Crippen LogP contribution in [-0.4, -0.2) is 13.2 Å². The molecule has 0 amide bonds. The fourth-order valence-corrected chi connectivity index (χ4v) is 2.88. The Bertz CT molecular complexity index is 361. The predicted molar refractivity (Wildman–Crippen MR) is 74.2 cm³/mol. The molecule has 0 spiro atoms. The Morgan fingerprint density at radius 2 is 2.00 bits per heavy atom. The van der Waals surface area contributed by atoms with Gasteiger partial charge in [-0.2, -0.15) is 0 Å². The Hall–Kier alpha value is -0.540. The normalized spacial score (nSPS) is 18.9. The molecule has 1 fully saturated rings. The van der Waals surface area contributed by atoms with Crippen LogP contribution in [0.5, 0.6) is 5.75 Å². The van der Waals surface area contributed by atoms with Gasteiger partial charge in [-0.3, -0.25) is 0 Å². The number of nitrogens with two attached hydrogens (primary N) is 1. The quantitative estimate of drug-likeness (QED) is 0.919. The van der Waals surface area contributed by atoms with Gasteiger partial charge in [0.2, 0.25) is 0 Å². The monoisotopic (exact) mass is 297 g/mol. The Morgan fingerprint density at radius 3 is 2.65 bits per heavy atom. The molecule has 94 valence electrons. The van der Waals surface area contributed by atoms with Crippen LogP contribution in [0.2, 0.25) is 0 Å². The van der Waals surface area contributed by atoms with Crippen molar-refractivity contribution in [2.45, 2.75) is 32.1 Å². The first-order valence-electron chi connectivity index (χ1n) is 6.33. The summed E-state index contributed by atoms with van der Waals surface area (Å²) in [7, 11) is 0. The van der Waals surface area contributed by atoms with Crippen LogP contribution >= 0.6 is 15.9 Å². The number of ether oxygens (including phenoxy) is 1. The predicted octanol–water partition coefficient (Wildman–Crippen LogP) is 3.74. The van der Waals surface area contributed by atoms with Crippen molar-refractivity contribution in [2.24, 2.45) is 11.1 Å². The maximum atomic E-state index is 5.94. The third-order valence-electron chi connectivity index (χ3n) is 3.69. The van der Waals surface area contributed by atoms with Gasteiger partial charge in [-0.15, -0.1) is 0 Å². The number of hydrogen-bond donors (Lipinski definition) is 1. The lowest BCUT2D eigenvalue weighted by Gasteiger charge is -2.35. The summed E-state index contributed by atoms with van der Waals surface area (Å²) < 4.78 is 6.97. The summed E-state index contributed by atoms with van der Waals surface area (Å²) in [4.78, 5) is 0. The maximum absolute atomic E-state index is 5.94. The van der Waals surface area contributed by atoms with Gasteiger partial charge in [0, 0.05) is 16.4 Å². The van der Waals surface area contributed by atoms with E-state index >= 15 is 0 Å². The summed E-state index contributed by atoms with van der Waals surface area (Å²) in [5.74, 6) is 0.928. The van der Waals surface area contributed by atoms with Crippen LogP contribution in [0.3, 0.4) is 0 Å². The number of hydrogen-bond acceptors (Lipinski definition) is 2. The SMILES string of the molecule is NCC1(COc2cccc(Br)c2)CCCCC1. The van der Waals surface area contributed by atoms with E-state index in [9.17, 15) is 0 Å². The van der Waals surface area contributed by atoms with E-state index in [1.807, 2.05) is 24.3 Å². The molecule has 0 unspecified atom stereocenters. The number of rotatable bonds is 4. The van der Waals surface area contributed by atoms with Crippen LogP contribution in [0, 0.1) is 5.41 Å². The highest BCUT2D eigenvalue weighted by molar-refractivity contribution is 9.10. The van der Waals surface area contributed by atoms with Crippen LogP contribution < -0.4 is 10.5 Å². The van der Waals surface area contributed by atoms with Crippen LogP contribution in [-0.2, 0) is 0 Å². The lowest BCUT2D eigenvalue weighted by atomic mass is 9.75. The van der Waals surface area contributed by atoms with Gasteiger partial charge in [-0.05, 0) is 31.0 Å². The van der Waals surface area contributed by atoms with E-state index in [2.05, 4.69) is 15.9 Å². The standard InChI is InChI=1S/C14H20BrNO/c15-12-5-4-6-13(9-12)17-11-14(10-16)7-2-1-3-8-14/h4-6,9H,1-3,7-8,10-11,16H2. The van der Waals surface area contributed by atoms with Crippen LogP contribution in [0.15, 0.2) is 28.7 Å². The van der Waals surface area contributed by atoms with Crippen molar-refractivity contribution in [1.29, 1.82) is 0 Å². The van der Waals surface area contributed by atoms with E-state index in [-0.39, 0.29) is 5.41 Å². The molecular formula is C14H20BrNO. The van der Waals surface area contributed by atoms with Crippen molar-refractivity contribution in [2.75, 3.05) is 13.2 Å². The number of benzene rings is 1. The van der Waals surface area contributed by atoms with Gasteiger partial charge in [0.05, 0.1) is 6.61 Å². The highest BCUT2D eigenvalue weighted by atomic mass is 79.9. The Morgan fingerprint density at radius 1 is 1.24 bits per heavy atom. The van der Waals surface area contributed by atoms with Gasteiger partial charge in [-0.1, -0.05) is 41.3 Å². The lowest BCUT2D eigenvalue weighted by molar-refractivity contribution is 0.105. The minimum atomic E-state index is 0.209. The summed E-state index contributed by atoms with van der Waals surface area (Å²) in [6.07, 6.45) is 6.34. The first kappa shape index (κ1) is 12.9. The van der Waals surface area contributed by atoms with Crippen molar-refractivity contribution in [3.8, 4) is 5.75 Å². The fraction of sp³-hybridized carbons (Fsp3) is 0.571. The van der Waals surface area contributed by atoms with Crippen LogP contribution in [0.4, 0.5) is 0 Å². The van der Waals surface area contributed by atoms with Gasteiger partial charge < -0.3 is 10.5 Å². The van der Waals surface area contributed by atoms with Crippen molar-refractivity contribution < 1.29 is 4.74 Å². The second kappa shape index (κ2) is 5.87. The van der Waals surface area contributed by atoms with E-state index < -0.39 is 0 Å². The van der Waals surface area contributed by atoms with Gasteiger partial charge in [0.1, 0.15) is 5.75 Å². The molecule has 1 aromatic carbocycles. The highest BCUT2D eigenvalue weighted by Crippen LogP contribution is 2.36. The van der Waals surface area contributed by atoms with Crippen molar-refractivity contribution >= 4 is 15.9 Å². The summed E-state index contributed by atoms with van der Waals surface area (Å²) in [5.41, 5.74) is 6.15. The maximum Gasteiger partial charge on any atom is 0.120 e. The number of halogens is 1. The van der Waals surface area contributed by atoms with Gasteiger partial charge >= 0.3 is 0 Å². The first-order chi connectivity index (χ1) is 8.24. The van der Waals surface area contributed by atoms with Gasteiger partial charge in [0.25, 0.3) is 0 Å². The molecule has 0 bridgehead atoms. The smallest absolute Gasteiger partial charge is 0.120 e. The molecule has 0 heterocycles. The summed E-state index contributed by atoms with van der Waals surface area (Å²) in [6.45, 7) is 1.49. The molecule has 2 rings (SSSR count). The molecule has 0 saturated heterocycles. The second-order valence-electron chi connectivity index (χ2n) is 5.01. The van der Waals surface area contributed by atoms with E-state index in [1.165, 1.54) is 32.1 Å². The van der Waals surface area contributed by atoms with Crippen LogP contribution in [0.1, 0.15) is 32.1 Å². The van der Waals surface area contributed by atoms with Gasteiger partial charge in [0.15, 0.2) is 0 Å². The van der Waals surface area contributed by atoms with Gasteiger partial charge in [-0.25, -0.2) is 0 Å². The van der Waals surface area contributed by atoms with Crippen molar-refractivity contribution in [3.63, 3.8) is 0 Å². The molecule has 1 saturated carbocycles. The zero-order valence-corrected chi connectivity index (χ0v) is 11.7. The second-order valence-corrected chi connectivity index (χ2v) is 5.93. The summed E-state index contributed by atoms with van der Waals surface area (Å²) in [5, 5.41) is 0. The highest BCUT2D eigenvalue weighted by Gasteiger charge is 2.31. The molecule has 2 N–H and O–H groups in total. The van der Waals surface area contributed by atoms with Crippen molar-refractivity contribution in [1.82, 2.24) is 0 Å². The van der Waals surface area contributed by atoms with Crippen LogP contribution in [0.25, 0.3) is 0 Å². The topological polar surface area (TPSA) is 35.2 Å². The minimum Gasteiger partial charge on any atom is -0.493 e. The lowest BCUT2D eigenvalue weighted by Crippen LogP contribution is -2.38. The largest absolute Gasteiger partial charge is 0.493 e. The third-order valence-corrected chi connectivity index (χ3v) is 4.18. The molecule has 3 heteroatoms. The van der Waals surface area contributed by atoms with E-state index in [4.69, 9.17) is 10.5 Å². The molecule has 0 atom stereocenters.